The minimum atomic E-state index is -0.277. The molecule has 1 atom stereocenters. The van der Waals surface area contributed by atoms with Crippen LogP contribution in [-0.2, 0) is 9.59 Å². The molecule has 62 heavy (non-hydrogen) atoms. The van der Waals surface area contributed by atoms with Crippen molar-refractivity contribution >= 4 is 57.8 Å². The number of nitrogens with one attached hydrogen (secondary N) is 2. The Morgan fingerprint density at radius 1 is 0.790 bits per heavy atom. The Morgan fingerprint density at radius 3 is 2.18 bits per heavy atom. The normalized spacial score (nSPS) is 20.8. The first-order chi connectivity index (χ1) is 30.1. The number of aromatic nitrogens is 4. The van der Waals surface area contributed by atoms with Gasteiger partial charge in [-0.05, 0) is 87.3 Å². The maximum Gasteiger partial charge on any atom is 0.320 e. The molecule has 7 heterocycles. The Balaban J connectivity index is 0.727. The van der Waals surface area contributed by atoms with Gasteiger partial charge in [-0.3, -0.25) is 34.0 Å². The van der Waals surface area contributed by atoms with Crippen molar-refractivity contribution in [2.75, 3.05) is 87.1 Å². The van der Waals surface area contributed by atoms with Crippen LogP contribution in [0.2, 0.25) is 0 Å². The largest absolute Gasteiger partial charge is 0.372 e. The Morgan fingerprint density at radius 2 is 1.50 bits per heavy atom. The number of piperazine rings is 2. The van der Waals surface area contributed by atoms with Crippen LogP contribution in [0.25, 0.3) is 11.0 Å². The number of anilines is 4. The van der Waals surface area contributed by atoms with Crippen LogP contribution >= 0.6 is 0 Å². The number of carbonyl (C=O) groups is 4. The second kappa shape index (κ2) is 17.8. The molecule has 3 aromatic heterocycles. The zero-order valence-corrected chi connectivity index (χ0v) is 35.9. The summed E-state index contributed by atoms with van der Waals surface area (Å²) in [4.78, 5) is 88.9. The number of nitrogens with zero attached hydrogens (tertiary/aromatic N) is 9. The predicted octanol–water partition coefficient (Wildman–Crippen LogP) is 4.85. The van der Waals surface area contributed by atoms with Crippen molar-refractivity contribution < 1.29 is 19.2 Å². The smallest absolute Gasteiger partial charge is 0.320 e. The van der Waals surface area contributed by atoms with Crippen molar-refractivity contribution in [2.45, 2.75) is 77.2 Å². The van der Waals surface area contributed by atoms with Crippen LogP contribution in [0.5, 0.6) is 0 Å². The zero-order chi connectivity index (χ0) is 42.9. The van der Waals surface area contributed by atoms with E-state index in [2.05, 4.69) is 47.4 Å². The molecule has 1 unspecified atom stereocenters. The van der Waals surface area contributed by atoms with E-state index < -0.39 is 0 Å². The van der Waals surface area contributed by atoms with E-state index >= 15 is 0 Å². The molecule has 4 aliphatic heterocycles. The number of carbonyl (C=O) groups excluding carboxylic acids is 4. The van der Waals surface area contributed by atoms with Crippen LogP contribution in [-0.4, -0.2) is 130 Å². The molecule has 9 rings (SSSR count). The molecular weight excluding hydrogens is 787 g/mol. The van der Waals surface area contributed by atoms with Gasteiger partial charge in [0.05, 0.1) is 23.4 Å². The minimum Gasteiger partial charge on any atom is -0.372 e. The maximum atomic E-state index is 13.6. The number of pyridine rings is 2. The molecule has 5 aliphatic rings. The fourth-order valence-electron chi connectivity index (χ4n) is 10.2. The first kappa shape index (κ1) is 41.5. The van der Waals surface area contributed by atoms with Gasteiger partial charge in [0.2, 0.25) is 17.8 Å². The lowest BCUT2D eigenvalue weighted by molar-refractivity contribution is -0.134. The number of rotatable bonds is 9. The monoisotopic (exact) mass is 843 g/mol. The number of aryl methyl sites for hydroxylation is 1. The van der Waals surface area contributed by atoms with Crippen LogP contribution in [0.15, 0.2) is 53.6 Å². The van der Waals surface area contributed by atoms with Crippen molar-refractivity contribution in [1.82, 2.24) is 39.5 Å². The summed E-state index contributed by atoms with van der Waals surface area (Å²) >= 11 is 0. The summed E-state index contributed by atoms with van der Waals surface area (Å²) in [6.45, 7) is 12.2. The second-order valence-electron chi connectivity index (χ2n) is 17.7. The third kappa shape index (κ3) is 8.61. The molecular formula is C46H57N11O5. The Labute approximate surface area is 361 Å². The third-order valence-corrected chi connectivity index (χ3v) is 13.8. The number of fused-ring (bicyclic) bond motifs is 1. The van der Waals surface area contributed by atoms with Gasteiger partial charge < -0.3 is 24.9 Å². The van der Waals surface area contributed by atoms with Gasteiger partial charge in [-0.15, -0.1) is 0 Å². The highest BCUT2D eigenvalue weighted by atomic mass is 16.2. The molecule has 4 amide bonds. The first-order valence-electron chi connectivity index (χ1n) is 22.4. The number of imide groups is 1. The van der Waals surface area contributed by atoms with E-state index in [4.69, 9.17) is 4.98 Å². The minimum absolute atomic E-state index is 0.00403. The standard InChI is InChI=1S/C46H57N11O5/c1-30-38-28-48-45(51-42(38)57(34-7-3-4-8-34)44(61)41(30)31(2)58)49-39-12-10-36(27-47-39)54-22-24-56(25-23-54)46(62)55-20-18-52(19-21-55)29-32-14-16-53(17-15-32)35-9-5-6-33(26-35)37-11-13-40(59)50-43(37)60/h5-6,9-10,12,26-28,32,34,37H,3-4,7-8,11,13-25,29H2,1-2H3,(H,50,59,60)(H,47,48,49,51). The average molecular weight is 844 g/mol. The number of urea groups is 1. The van der Waals surface area contributed by atoms with E-state index in [1.807, 2.05) is 40.3 Å². The van der Waals surface area contributed by atoms with Crippen molar-refractivity contribution in [3.8, 4) is 0 Å². The molecule has 0 bridgehead atoms. The molecule has 1 saturated carbocycles. The van der Waals surface area contributed by atoms with Crippen molar-refractivity contribution in [3.05, 3.63) is 75.8 Å². The lowest BCUT2D eigenvalue weighted by atomic mass is 9.90. The summed E-state index contributed by atoms with van der Waals surface area (Å²) < 4.78 is 1.71. The van der Waals surface area contributed by atoms with Gasteiger partial charge in [0.15, 0.2) is 5.78 Å². The second-order valence-corrected chi connectivity index (χ2v) is 17.7. The van der Waals surface area contributed by atoms with Crippen molar-refractivity contribution in [2.24, 2.45) is 5.92 Å². The van der Waals surface area contributed by atoms with Gasteiger partial charge >= 0.3 is 6.03 Å². The average Bonchev–Trinajstić information content (AvgIpc) is 3.82. The number of ketones is 1. The highest BCUT2D eigenvalue weighted by Gasteiger charge is 2.32. The number of benzene rings is 1. The van der Waals surface area contributed by atoms with Gasteiger partial charge in [-0.2, -0.15) is 4.98 Å². The van der Waals surface area contributed by atoms with E-state index in [0.29, 0.717) is 73.3 Å². The van der Waals surface area contributed by atoms with Crippen molar-refractivity contribution in [1.29, 1.82) is 0 Å². The van der Waals surface area contributed by atoms with Crippen LogP contribution in [0, 0.1) is 12.8 Å². The maximum absolute atomic E-state index is 13.6. The predicted molar refractivity (Wildman–Crippen MR) is 237 cm³/mol. The van der Waals surface area contributed by atoms with Crippen LogP contribution in [0.1, 0.15) is 91.7 Å². The van der Waals surface area contributed by atoms with E-state index in [1.165, 1.54) is 6.92 Å². The van der Waals surface area contributed by atoms with Gasteiger partial charge in [0, 0.05) is 102 Å². The van der Waals surface area contributed by atoms with E-state index in [1.54, 1.807) is 17.7 Å². The molecule has 2 N–H and O–H groups in total. The van der Waals surface area contributed by atoms with Crippen LogP contribution in [0.4, 0.5) is 27.9 Å². The molecule has 5 fully saturated rings. The molecule has 16 heteroatoms. The topological polar surface area (TPSA) is 169 Å². The number of Topliss-reactive ketones (excluding diaryl/α,β-unsaturated/α-hetero) is 1. The highest BCUT2D eigenvalue weighted by Crippen LogP contribution is 2.33. The lowest BCUT2D eigenvalue weighted by Gasteiger charge is -2.42. The Bertz CT molecular complexity index is 2390. The molecule has 16 nitrogen and oxygen atoms in total. The van der Waals surface area contributed by atoms with E-state index in [9.17, 15) is 24.0 Å². The molecule has 4 aromatic rings. The summed E-state index contributed by atoms with van der Waals surface area (Å²) in [6.07, 6.45) is 10.5. The first-order valence-corrected chi connectivity index (χ1v) is 22.4. The van der Waals surface area contributed by atoms with Gasteiger partial charge in [-0.25, -0.2) is 14.8 Å². The summed E-state index contributed by atoms with van der Waals surface area (Å²) in [5.41, 5.74) is 4.18. The molecule has 0 radical (unpaired) electrons. The molecule has 326 valence electrons. The molecule has 1 aliphatic carbocycles. The molecule has 0 spiro atoms. The van der Waals surface area contributed by atoms with Gasteiger partial charge in [0.25, 0.3) is 5.56 Å². The summed E-state index contributed by atoms with van der Waals surface area (Å²) in [6, 6.07) is 12.3. The quantitative estimate of drug-likeness (QED) is 0.174. The molecule has 1 aromatic carbocycles. The zero-order valence-electron chi connectivity index (χ0n) is 35.9. The third-order valence-electron chi connectivity index (χ3n) is 13.8. The fraction of sp³-hybridized carbons (Fsp3) is 0.522. The number of piperidine rings is 2. The van der Waals surface area contributed by atoms with Gasteiger partial charge in [-0.1, -0.05) is 25.0 Å². The molecule has 4 saturated heterocycles. The summed E-state index contributed by atoms with van der Waals surface area (Å²) in [5.74, 6) is 0.625. The lowest BCUT2D eigenvalue weighted by Crippen LogP contribution is -2.57. The van der Waals surface area contributed by atoms with Gasteiger partial charge in [0.1, 0.15) is 11.5 Å². The number of amides is 4. The fourth-order valence-corrected chi connectivity index (χ4v) is 10.2. The SMILES string of the molecule is CC(=O)c1c(C)c2cnc(Nc3ccc(N4CCN(C(=O)N5CCN(CC6CCN(c7cccc(C8CCC(=O)NC8=O)c7)CC6)CC5)CC4)cn3)nc2n(C2CCCC2)c1=O. The van der Waals surface area contributed by atoms with Crippen LogP contribution in [0.3, 0.4) is 0 Å². The van der Waals surface area contributed by atoms with Crippen LogP contribution < -0.4 is 26.0 Å². The summed E-state index contributed by atoms with van der Waals surface area (Å²) in [7, 11) is 0. The number of hydrogen-bond donors (Lipinski definition) is 2. The van der Waals surface area contributed by atoms with E-state index in [-0.39, 0.29) is 46.7 Å². The Hall–Kier alpha value is -5.90. The van der Waals surface area contributed by atoms with E-state index in [0.717, 1.165) is 101 Å². The number of hydrogen-bond acceptors (Lipinski definition) is 12. The Kier molecular flexibility index (Phi) is 11.9. The van der Waals surface area contributed by atoms with Crippen molar-refractivity contribution in [3.63, 3.8) is 0 Å². The highest BCUT2D eigenvalue weighted by molar-refractivity contribution is 6.01. The summed E-state index contributed by atoms with van der Waals surface area (Å²) in [5, 5.41) is 6.40.